The maximum Gasteiger partial charge on any atom is 0.223 e. The first-order valence-electron chi connectivity index (χ1n) is 6.11. The minimum atomic E-state index is 0.498. The zero-order chi connectivity index (χ0) is 11.5. The van der Waals surface area contributed by atoms with E-state index in [4.69, 9.17) is 0 Å². The van der Waals surface area contributed by atoms with Crippen LogP contribution in [0.15, 0.2) is 30.5 Å². The second kappa shape index (κ2) is 4.67. The quantitative estimate of drug-likeness (QED) is 0.823. The van der Waals surface area contributed by atoms with Crippen LogP contribution in [0.5, 0.6) is 0 Å². The Kier molecular flexibility index (Phi) is 2.88. The zero-order valence-electron chi connectivity index (χ0n) is 9.69. The van der Waals surface area contributed by atoms with Gasteiger partial charge in [-0.15, -0.1) is 0 Å². The van der Waals surface area contributed by atoms with E-state index >= 15 is 0 Å². The van der Waals surface area contributed by atoms with Crippen LogP contribution >= 0.6 is 0 Å². The highest BCUT2D eigenvalue weighted by Crippen LogP contribution is 2.14. The Labute approximate surface area is 100 Å². The minimum absolute atomic E-state index is 0.498. The van der Waals surface area contributed by atoms with Crippen molar-refractivity contribution in [2.75, 3.05) is 18.4 Å². The summed E-state index contributed by atoms with van der Waals surface area (Å²) < 4.78 is 0. The van der Waals surface area contributed by atoms with Crippen molar-refractivity contribution in [3.05, 3.63) is 30.5 Å². The van der Waals surface area contributed by atoms with E-state index in [2.05, 4.69) is 20.6 Å². The lowest BCUT2D eigenvalue weighted by Gasteiger charge is -2.23. The van der Waals surface area contributed by atoms with E-state index in [1.165, 1.54) is 0 Å². The Morgan fingerprint density at radius 1 is 1.18 bits per heavy atom. The van der Waals surface area contributed by atoms with Crippen molar-refractivity contribution in [3.63, 3.8) is 0 Å². The van der Waals surface area contributed by atoms with E-state index in [1.807, 2.05) is 30.5 Å². The maximum atomic E-state index is 4.53. The van der Waals surface area contributed by atoms with Crippen LogP contribution in [0, 0.1) is 0 Å². The predicted octanol–water partition coefficient (Wildman–Crippen LogP) is 1.79. The SMILES string of the molecule is c1ccc2nc(NC3CCNCC3)ncc2c1. The number of nitrogens with one attached hydrogen (secondary N) is 2. The molecular formula is C13H16N4. The third-order valence-electron chi connectivity index (χ3n) is 3.16. The van der Waals surface area contributed by atoms with E-state index in [9.17, 15) is 0 Å². The third-order valence-corrected chi connectivity index (χ3v) is 3.16. The van der Waals surface area contributed by atoms with Gasteiger partial charge < -0.3 is 10.6 Å². The van der Waals surface area contributed by atoms with Gasteiger partial charge in [-0.25, -0.2) is 9.97 Å². The van der Waals surface area contributed by atoms with Crippen LogP contribution in [0.25, 0.3) is 10.9 Å². The van der Waals surface area contributed by atoms with Gasteiger partial charge in [0.25, 0.3) is 0 Å². The van der Waals surface area contributed by atoms with Gasteiger partial charge in [0.1, 0.15) is 0 Å². The van der Waals surface area contributed by atoms with Crippen LogP contribution in [0.1, 0.15) is 12.8 Å². The Hall–Kier alpha value is -1.68. The molecule has 0 unspecified atom stereocenters. The van der Waals surface area contributed by atoms with E-state index in [1.54, 1.807) is 0 Å². The van der Waals surface area contributed by atoms with Gasteiger partial charge in [0.05, 0.1) is 5.52 Å². The summed E-state index contributed by atoms with van der Waals surface area (Å²) in [6, 6.07) is 8.56. The summed E-state index contributed by atoms with van der Waals surface area (Å²) >= 11 is 0. The van der Waals surface area contributed by atoms with E-state index in [-0.39, 0.29) is 0 Å². The molecule has 2 aromatic rings. The van der Waals surface area contributed by atoms with Crippen LogP contribution in [0.4, 0.5) is 5.95 Å². The molecule has 2 heterocycles. The van der Waals surface area contributed by atoms with Crippen molar-refractivity contribution >= 4 is 16.9 Å². The van der Waals surface area contributed by atoms with Crippen molar-refractivity contribution < 1.29 is 0 Å². The molecule has 0 spiro atoms. The molecule has 1 saturated heterocycles. The predicted molar refractivity (Wildman–Crippen MR) is 69.1 cm³/mol. The standard InChI is InChI=1S/C13H16N4/c1-2-4-12-10(3-1)9-15-13(17-12)16-11-5-7-14-8-6-11/h1-4,9,11,14H,5-8H2,(H,15,16,17). The molecular weight excluding hydrogens is 212 g/mol. The van der Waals surface area contributed by atoms with Gasteiger partial charge in [0, 0.05) is 17.6 Å². The molecule has 1 aliphatic heterocycles. The summed E-state index contributed by atoms with van der Waals surface area (Å²) in [5.74, 6) is 0.746. The summed E-state index contributed by atoms with van der Waals surface area (Å²) in [6.07, 6.45) is 4.15. The van der Waals surface area contributed by atoms with Gasteiger partial charge in [0.2, 0.25) is 5.95 Å². The fourth-order valence-corrected chi connectivity index (χ4v) is 2.19. The summed E-state index contributed by atoms with van der Waals surface area (Å²) in [5.41, 5.74) is 0.999. The molecule has 1 aromatic carbocycles. The molecule has 1 aliphatic rings. The van der Waals surface area contributed by atoms with Gasteiger partial charge >= 0.3 is 0 Å². The number of aromatic nitrogens is 2. The number of benzene rings is 1. The Bertz CT molecular complexity index is 506. The largest absolute Gasteiger partial charge is 0.351 e. The first kappa shape index (κ1) is 10.5. The van der Waals surface area contributed by atoms with Gasteiger partial charge in [-0.05, 0) is 32.0 Å². The highest BCUT2D eigenvalue weighted by Gasteiger charge is 2.13. The average Bonchev–Trinajstić information content (AvgIpc) is 2.40. The van der Waals surface area contributed by atoms with Gasteiger partial charge in [-0.3, -0.25) is 0 Å². The fraction of sp³-hybridized carbons (Fsp3) is 0.385. The summed E-state index contributed by atoms with van der Waals surface area (Å²) in [7, 11) is 0. The Morgan fingerprint density at radius 2 is 2.00 bits per heavy atom. The number of fused-ring (bicyclic) bond motifs is 1. The van der Waals surface area contributed by atoms with Crippen LogP contribution < -0.4 is 10.6 Å². The lowest BCUT2D eigenvalue weighted by Crippen LogP contribution is -2.35. The van der Waals surface area contributed by atoms with Crippen LogP contribution in [0.2, 0.25) is 0 Å². The topological polar surface area (TPSA) is 49.8 Å². The summed E-state index contributed by atoms with van der Waals surface area (Å²) in [6.45, 7) is 2.15. The normalized spacial score (nSPS) is 17.2. The number of nitrogens with zero attached hydrogens (tertiary/aromatic N) is 2. The average molecular weight is 228 g/mol. The molecule has 17 heavy (non-hydrogen) atoms. The maximum absolute atomic E-state index is 4.53. The lowest BCUT2D eigenvalue weighted by molar-refractivity contribution is 0.477. The monoisotopic (exact) mass is 228 g/mol. The van der Waals surface area contributed by atoms with Gasteiger partial charge in [0.15, 0.2) is 0 Å². The molecule has 4 heteroatoms. The number of piperidine rings is 1. The summed E-state index contributed by atoms with van der Waals surface area (Å²) in [4.78, 5) is 8.89. The molecule has 2 N–H and O–H groups in total. The molecule has 1 aromatic heterocycles. The van der Waals surface area contributed by atoms with Crippen molar-refractivity contribution in [2.24, 2.45) is 0 Å². The molecule has 0 atom stereocenters. The molecule has 4 nitrogen and oxygen atoms in total. The second-order valence-corrected chi connectivity index (χ2v) is 4.42. The number of hydrogen-bond donors (Lipinski definition) is 2. The van der Waals surface area contributed by atoms with Crippen molar-refractivity contribution in [1.29, 1.82) is 0 Å². The van der Waals surface area contributed by atoms with Crippen molar-refractivity contribution in [1.82, 2.24) is 15.3 Å². The first-order valence-corrected chi connectivity index (χ1v) is 6.11. The van der Waals surface area contributed by atoms with E-state index in [0.29, 0.717) is 6.04 Å². The third kappa shape index (κ3) is 2.36. The lowest BCUT2D eigenvalue weighted by atomic mass is 10.1. The van der Waals surface area contributed by atoms with E-state index < -0.39 is 0 Å². The highest BCUT2D eigenvalue weighted by atomic mass is 15.1. The molecule has 0 aliphatic carbocycles. The van der Waals surface area contributed by atoms with Crippen LogP contribution in [-0.4, -0.2) is 29.1 Å². The Balaban J connectivity index is 1.80. The molecule has 88 valence electrons. The van der Waals surface area contributed by atoms with Crippen LogP contribution in [-0.2, 0) is 0 Å². The molecule has 0 bridgehead atoms. The molecule has 0 amide bonds. The molecule has 0 saturated carbocycles. The van der Waals surface area contributed by atoms with Gasteiger partial charge in [-0.2, -0.15) is 0 Å². The fourth-order valence-electron chi connectivity index (χ4n) is 2.19. The van der Waals surface area contributed by atoms with Crippen LogP contribution in [0.3, 0.4) is 0 Å². The number of anilines is 1. The number of para-hydroxylation sites is 1. The molecule has 0 radical (unpaired) electrons. The molecule has 1 fully saturated rings. The number of hydrogen-bond acceptors (Lipinski definition) is 4. The van der Waals surface area contributed by atoms with Crippen molar-refractivity contribution in [3.8, 4) is 0 Å². The van der Waals surface area contributed by atoms with Gasteiger partial charge in [-0.1, -0.05) is 18.2 Å². The minimum Gasteiger partial charge on any atom is -0.351 e. The molecule has 3 rings (SSSR count). The van der Waals surface area contributed by atoms with E-state index in [0.717, 1.165) is 42.8 Å². The highest BCUT2D eigenvalue weighted by molar-refractivity contribution is 5.78. The smallest absolute Gasteiger partial charge is 0.223 e. The van der Waals surface area contributed by atoms with Crippen molar-refractivity contribution in [2.45, 2.75) is 18.9 Å². The number of rotatable bonds is 2. The first-order chi connectivity index (χ1) is 8.42. The Morgan fingerprint density at radius 3 is 2.88 bits per heavy atom. The summed E-state index contributed by atoms with van der Waals surface area (Å²) in [5, 5.41) is 7.85. The second-order valence-electron chi connectivity index (χ2n) is 4.42. The zero-order valence-corrected chi connectivity index (χ0v) is 9.69.